The Balaban J connectivity index is 2.80. The number of carboxylic acids is 1. The van der Waals surface area contributed by atoms with Gasteiger partial charge in [0.25, 0.3) is 0 Å². The van der Waals surface area contributed by atoms with Gasteiger partial charge in [0.15, 0.2) is 0 Å². The number of nitrogens with zero attached hydrogens (tertiary/aromatic N) is 1. The second-order valence-electron chi connectivity index (χ2n) is 4.30. The zero-order valence-electron chi connectivity index (χ0n) is 10.3. The van der Waals surface area contributed by atoms with Gasteiger partial charge in [-0.1, -0.05) is 6.07 Å². The molecule has 1 unspecified atom stereocenters. The molecule has 1 aromatic heterocycles. The number of fused-ring (bicyclic) bond motifs is 1. The number of hydrogen-bond acceptors (Lipinski definition) is 4. The normalized spacial score (nSPS) is 12.6. The van der Waals surface area contributed by atoms with Gasteiger partial charge < -0.3 is 19.9 Å². The van der Waals surface area contributed by atoms with E-state index in [1.165, 1.54) is 12.1 Å². The second-order valence-corrected chi connectivity index (χ2v) is 4.30. The van der Waals surface area contributed by atoms with Crippen LogP contribution in [0.15, 0.2) is 29.2 Å². The molecule has 1 aromatic carbocycles. The molecule has 0 spiro atoms. The summed E-state index contributed by atoms with van der Waals surface area (Å²) in [6, 6.07) is 3.75. The highest BCUT2D eigenvalue weighted by atomic mass is 19.1. The van der Waals surface area contributed by atoms with Gasteiger partial charge in [-0.2, -0.15) is 0 Å². The van der Waals surface area contributed by atoms with Gasteiger partial charge in [-0.25, -0.2) is 9.18 Å². The van der Waals surface area contributed by atoms with Gasteiger partial charge in [-0.3, -0.25) is 4.79 Å². The van der Waals surface area contributed by atoms with Gasteiger partial charge in [-0.15, -0.1) is 0 Å². The molecular formula is C13H12FNO5. The van der Waals surface area contributed by atoms with Gasteiger partial charge >= 0.3 is 5.97 Å². The van der Waals surface area contributed by atoms with E-state index in [1.807, 2.05) is 0 Å². The Morgan fingerprint density at radius 2 is 2.10 bits per heavy atom. The Hall–Kier alpha value is -2.25. The van der Waals surface area contributed by atoms with Crippen LogP contribution in [0.4, 0.5) is 4.39 Å². The van der Waals surface area contributed by atoms with Gasteiger partial charge in [0, 0.05) is 11.6 Å². The van der Waals surface area contributed by atoms with E-state index in [0.29, 0.717) is 0 Å². The summed E-state index contributed by atoms with van der Waals surface area (Å²) < 4.78 is 15.0. The summed E-state index contributed by atoms with van der Waals surface area (Å²) >= 11 is 0. The lowest BCUT2D eigenvalue weighted by atomic mass is 10.1. The van der Waals surface area contributed by atoms with Crippen LogP contribution >= 0.6 is 0 Å². The molecule has 2 rings (SSSR count). The fraction of sp³-hybridized carbons (Fsp3) is 0.231. The number of carbonyl (C=O) groups is 1. The van der Waals surface area contributed by atoms with E-state index in [9.17, 15) is 19.1 Å². The summed E-state index contributed by atoms with van der Waals surface area (Å²) in [6.45, 7) is -0.793. The molecule has 7 heteroatoms. The van der Waals surface area contributed by atoms with Gasteiger partial charge in [0.1, 0.15) is 11.4 Å². The molecule has 0 aliphatic heterocycles. The zero-order chi connectivity index (χ0) is 14.9. The summed E-state index contributed by atoms with van der Waals surface area (Å²) in [5.74, 6) is -2.14. The molecule has 0 aliphatic carbocycles. The minimum Gasteiger partial charge on any atom is -0.477 e. The number of benzene rings is 1. The van der Waals surface area contributed by atoms with Gasteiger partial charge in [0.2, 0.25) is 5.43 Å². The average molecular weight is 281 g/mol. The number of aromatic nitrogens is 1. The number of aliphatic hydroxyl groups is 2. The number of aromatic carboxylic acids is 1. The molecule has 0 amide bonds. The quantitative estimate of drug-likeness (QED) is 0.743. The van der Waals surface area contributed by atoms with Crippen molar-refractivity contribution in [3.63, 3.8) is 0 Å². The maximum absolute atomic E-state index is 13.9. The number of rotatable bonds is 4. The van der Waals surface area contributed by atoms with Crippen molar-refractivity contribution in [3.05, 3.63) is 46.0 Å². The highest BCUT2D eigenvalue weighted by Gasteiger charge is 2.17. The molecule has 106 valence electrons. The number of para-hydroxylation sites is 1. The van der Waals surface area contributed by atoms with E-state index in [-0.39, 0.29) is 17.4 Å². The van der Waals surface area contributed by atoms with E-state index in [4.69, 9.17) is 10.2 Å². The third-order valence-corrected chi connectivity index (χ3v) is 2.90. The summed E-state index contributed by atoms with van der Waals surface area (Å²) in [5, 5.41) is 27.2. The number of halogens is 1. The monoisotopic (exact) mass is 281 g/mol. The highest BCUT2D eigenvalue weighted by molar-refractivity contribution is 5.92. The first-order valence-corrected chi connectivity index (χ1v) is 5.79. The van der Waals surface area contributed by atoms with Crippen LogP contribution in [0.3, 0.4) is 0 Å². The third kappa shape index (κ3) is 2.40. The van der Waals surface area contributed by atoms with Crippen LogP contribution in [-0.4, -0.2) is 38.6 Å². The second kappa shape index (κ2) is 5.40. The van der Waals surface area contributed by atoms with Crippen LogP contribution in [0, 0.1) is 5.82 Å². The van der Waals surface area contributed by atoms with Crippen molar-refractivity contribution >= 4 is 16.9 Å². The molecule has 0 fully saturated rings. The highest BCUT2D eigenvalue weighted by Crippen LogP contribution is 2.16. The van der Waals surface area contributed by atoms with Crippen LogP contribution < -0.4 is 5.43 Å². The van der Waals surface area contributed by atoms with Gasteiger partial charge in [-0.05, 0) is 12.1 Å². The Kier molecular flexibility index (Phi) is 3.82. The van der Waals surface area contributed by atoms with Crippen molar-refractivity contribution in [1.82, 2.24) is 4.57 Å². The van der Waals surface area contributed by atoms with Crippen LogP contribution in [0.2, 0.25) is 0 Å². The van der Waals surface area contributed by atoms with E-state index >= 15 is 0 Å². The van der Waals surface area contributed by atoms with Crippen LogP contribution in [0.5, 0.6) is 0 Å². The molecule has 0 saturated carbocycles. The maximum Gasteiger partial charge on any atom is 0.341 e. The van der Waals surface area contributed by atoms with Crippen LogP contribution in [-0.2, 0) is 6.54 Å². The minimum atomic E-state index is -1.44. The van der Waals surface area contributed by atoms with Crippen molar-refractivity contribution in [1.29, 1.82) is 0 Å². The molecule has 6 nitrogen and oxygen atoms in total. The lowest BCUT2D eigenvalue weighted by Gasteiger charge is -2.15. The van der Waals surface area contributed by atoms with E-state index in [1.54, 1.807) is 0 Å². The molecule has 1 atom stereocenters. The molecule has 0 aliphatic rings. The molecule has 20 heavy (non-hydrogen) atoms. The van der Waals surface area contributed by atoms with Crippen molar-refractivity contribution in [3.8, 4) is 0 Å². The van der Waals surface area contributed by atoms with Crippen molar-refractivity contribution in [2.45, 2.75) is 12.6 Å². The third-order valence-electron chi connectivity index (χ3n) is 2.90. The Morgan fingerprint density at radius 1 is 1.40 bits per heavy atom. The fourth-order valence-corrected chi connectivity index (χ4v) is 2.00. The Morgan fingerprint density at radius 3 is 2.70 bits per heavy atom. The first-order chi connectivity index (χ1) is 9.45. The SMILES string of the molecule is O=C(O)c1cn(CC(O)CO)c2c(F)cccc2c1=O. The number of aliphatic hydroxyl groups excluding tert-OH is 2. The van der Waals surface area contributed by atoms with E-state index in [0.717, 1.165) is 16.8 Å². The first-order valence-electron chi connectivity index (χ1n) is 5.79. The lowest BCUT2D eigenvalue weighted by molar-refractivity contribution is 0.0691. The maximum atomic E-state index is 13.9. The molecule has 0 bridgehead atoms. The predicted molar refractivity (Wildman–Crippen MR) is 68.2 cm³/mol. The topological polar surface area (TPSA) is 99.8 Å². The molecule has 0 saturated heterocycles. The predicted octanol–water partition coefficient (Wildman–Crippen LogP) is 0.192. The average Bonchev–Trinajstić information content (AvgIpc) is 2.41. The van der Waals surface area contributed by atoms with Crippen molar-refractivity contribution in [2.24, 2.45) is 0 Å². The van der Waals surface area contributed by atoms with Crippen molar-refractivity contribution in [2.75, 3.05) is 6.61 Å². The molecule has 1 heterocycles. The van der Waals surface area contributed by atoms with Crippen LogP contribution in [0.1, 0.15) is 10.4 Å². The molecule has 2 aromatic rings. The molecular weight excluding hydrogens is 269 g/mol. The van der Waals surface area contributed by atoms with E-state index in [2.05, 4.69) is 0 Å². The zero-order valence-corrected chi connectivity index (χ0v) is 10.3. The minimum absolute atomic E-state index is 0.0879. The first kappa shape index (κ1) is 14.2. The molecule has 0 radical (unpaired) electrons. The summed E-state index contributed by atoms with van der Waals surface area (Å²) in [7, 11) is 0. The summed E-state index contributed by atoms with van der Waals surface area (Å²) in [5.41, 5.74) is -1.41. The standard InChI is InChI=1S/C13H12FNO5/c14-10-3-1-2-8-11(10)15(4-7(17)6-16)5-9(12(8)18)13(19)20/h1-3,5,7,16-17H,4,6H2,(H,19,20). The smallest absolute Gasteiger partial charge is 0.341 e. The lowest BCUT2D eigenvalue weighted by Crippen LogP contribution is -2.25. The number of carboxylic acid groups (broad SMARTS) is 1. The summed E-state index contributed by atoms with van der Waals surface area (Å²) in [4.78, 5) is 23.0. The van der Waals surface area contributed by atoms with Crippen molar-refractivity contribution < 1.29 is 24.5 Å². The van der Waals surface area contributed by atoms with Crippen LogP contribution in [0.25, 0.3) is 10.9 Å². The summed E-state index contributed by atoms with van der Waals surface area (Å²) in [6.07, 6.45) is -0.225. The van der Waals surface area contributed by atoms with Gasteiger partial charge in [0.05, 0.1) is 24.8 Å². The largest absolute Gasteiger partial charge is 0.477 e. The fourth-order valence-electron chi connectivity index (χ4n) is 2.00. The number of pyridine rings is 1. The molecule has 3 N–H and O–H groups in total. The Bertz CT molecular complexity index is 725. The Labute approximate surface area is 112 Å². The van der Waals surface area contributed by atoms with E-state index < -0.39 is 35.5 Å². The number of hydrogen-bond donors (Lipinski definition) is 3.